The Bertz CT molecular complexity index is 673. The van der Waals surface area contributed by atoms with E-state index < -0.39 is 0 Å². The molecule has 0 aliphatic carbocycles. The third-order valence-electron chi connectivity index (χ3n) is 3.03. The van der Waals surface area contributed by atoms with E-state index in [1.54, 1.807) is 6.92 Å². The summed E-state index contributed by atoms with van der Waals surface area (Å²) < 4.78 is 11.5. The van der Waals surface area contributed by atoms with Crippen molar-refractivity contribution in [3.8, 4) is 11.5 Å². The summed E-state index contributed by atoms with van der Waals surface area (Å²) in [5, 5.41) is 0.617. The van der Waals surface area contributed by atoms with Crippen LogP contribution in [0.4, 0.5) is 0 Å². The molecular formula is C17H22N2O3S. The van der Waals surface area contributed by atoms with E-state index in [1.807, 2.05) is 24.3 Å². The molecule has 0 aliphatic heterocycles. The van der Waals surface area contributed by atoms with E-state index in [0.717, 1.165) is 24.3 Å². The van der Waals surface area contributed by atoms with Gasteiger partial charge in [-0.1, -0.05) is 37.2 Å². The number of nitrogens with one attached hydrogen (secondary N) is 1. The molecule has 0 unspecified atom stereocenters. The van der Waals surface area contributed by atoms with Gasteiger partial charge in [-0.25, -0.2) is 4.98 Å². The fourth-order valence-corrected chi connectivity index (χ4v) is 2.67. The first-order valence-corrected chi connectivity index (χ1v) is 8.73. The Balaban J connectivity index is 1.83. The van der Waals surface area contributed by atoms with Crippen LogP contribution < -0.4 is 15.0 Å². The van der Waals surface area contributed by atoms with Crippen LogP contribution in [0.2, 0.25) is 0 Å². The molecule has 1 aromatic carbocycles. The molecule has 0 aliphatic rings. The standard InChI is InChI=1S/C17H22N2O3S/c1-3-4-9-21-14-7-5-6-8-15(14)22-10-11-23-17-18-13(2)12-16(20)19-17/h5-8,12H,3-4,9-11H2,1-2H3,(H,18,19,20). The van der Waals surface area contributed by atoms with Crippen molar-refractivity contribution in [1.82, 2.24) is 9.97 Å². The second-order valence-electron chi connectivity index (χ2n) is 5.04. The average molecular weight is 334 g/mol. The van der Waals surface area contributed by atoms with Crippen molar-refractivity contribution >= 4 is 11.8 Å². The molecule has 1 N–H and O–H groups in total. The van der Waals surface area contributed by atoms with Gasteiger partial charge in [0, 0.05) is 17.5 Å². The number of rotatable bonds is 9. The summed E-state index contributed by atoms with van der Waals surface area (Å²) in [4.78, 5) is 18.4. The minimum Gasteiger partial charge on any atom is -0.490 e. The number of hydrogen-bond acceptors (Lipinski definition) is 5. The highest BCUT2D eigenvalue weighted by atomic mass is 32.2. The molecule has 6 heteroatoms. The summed E-state index contributed by atoms with van der Waals surface area (Å²) in [5.41, 5.74) is 0.586. The average Bonchev–Trinajstić information content (AvgIpc) is 2.52. The van der Waals surface area contributed by atoms with Crippen molar-refractivity contribution in [3.63, 3.8) is 0 Å². The van der Waals surface area contributed by atoms with Crippen LogP contribution in [0.3, 0.4) is 0 Å². The van der Waals surface area contributed by atoms with Crippen LogP contribution in [0.1, 0.15) is 25.5 Å². The van der Waals surface area contributed by atoms with Gasteiger partial charge in [0.25, 0.3) is 5.56 Å². The predicted molar refractivity (Wildman–Crippen MR) is 92.7 cm³/mol. The molecule has 0 atom stereocenters. The zero-order valence-electron chi connectivity index (χ0n) is 13.5. The number of thioether (sulfide) groups is 1. The molecule has 0 spiro atoms. The number of hydrogen-bond donors (Lipinski definition) is 1. The number of benzene rings is 1. The third-order valence-corrected chi connectivity index (χ3v) is 3.87. The predicted octanol–water partition coefficient (Wildman–Crippen LogP) is 3.43. The van der Waals surface area contributed by atoms with Gasteiger partial charge in [-0.05, 0) is 25.5 Å². The molecule has 0 saturated heterocycles. The Morgan fingerprint density at radius 3 is 2.52 bits per heavy atom. The quantitative estimate of drug-likeness (QED) is 0.432. The molecular weight excluding hydrogens is 312 g/mol. The second-order valence-corrected chi connectivity index (χ2v) is 6.12. The van der Waals surface area contributed by atoms with E-state index in [2.05, 4.69) is 16.9 Å². The van der Waals surface area contributed by atoms with Crippen LogP contribution in [0, 0.1) is 6.92 Å². The molecule has 1 heterocycles. The monoisotopic (exact) mass is 334 g/mol. The Morgan fingerprint density at radius 2 is 1.87 bits per heavy atom. The molecule has 0 fully saturated rings. The summed E-state index contributed by atoms with van der Waals surface area (Å²) in [5.74, 6) is 2.21. The summed E-state index contributed by atoms with van der Waals surface area (Å²) in [6.45, 7) is 5.14. The first kappa shape index (κ1) is 17.4. The lowest BCUT2D eigenvalue weighted by atomic mass is 10.3. The molecule has 2 aromatic rings. The Morgan fingerprint density at radius 1 is 1.17 bits per heavy atom. The maximum Gasteiger partial charge on any atom is 0.251 e. The van der Waals surface area contributed by atoms with Crippen LogP contribution >= 0.6 is 11.8 Å². The van der Waals surface area contributed by atoms with Crippen molar-refractivity contribution in [1.29, 1.82) is 0 Å². The Labute approximate surface area is 140 Å². The molecule has 0 amide bonds. The molecule has 0 bridgehead atoms. The Hall–Kier alpha value is -1.95. The summed E-state index contributed by atoms with van der Waals surface area (Å²) >= 11 is 1.46. The largest absolute Gasteiger partial charge is 0.490 e. The molecule has 0 saturated carbocycles. The lowest BCUT2D eigenvalue weighted by molar-refractivity contribution is 0.274. The lowest BCUT2D eigenvalue weighted by Gasteiger charge is -2.12. The molecule has 1 aromatic heterocycles. The highest BCUT2D eigenvalue weighted by Crippen LogP contribution is 2.27. The van der Waals surface area contributed by atoms with Crippen LogP contribution in [-0.2, 0) is 0 Å². The zero-order valence-corrected chi connectivity index (χ0v) is 14.3. The van der Waals surface area contributed by atoms with Crippen molar-refractivity contribution in [3.05, 3.63) is 46.4 Å². The van der Waals surface area contributed by atoms with E-state index in [4.69, 9.17) is 9.47 Å². The van der Waals surface area contributed by atoms with E-state index in [1.165, 1.54) is 17.8 Å². The maximum atomic E-state index is 11.4. The number of aryl methyl sites for hydroxylation is 1. The van der Waals surface area contributed by atoms with E-state index in [0.29, 0.717) is 29.8 Å². The summed E-state index contributed by atoms with van der Waals surface area (Å²) in [7, 11) is 0. The van der Waals surface area contributed by atoms with Crippen LogP contribution in [0.15, 0.2) is 40.3 Å². The first-order valence-electron chi connectivity index (χ1n) is 7.74. The highest BCUT2D eigenvalue weighted by molar-refractivity contribution is 7.99. The molecule has 5 nitrogen and oxygen atoms in total. The number of H-pyrrole nitrogens is 1. The van der Waals surface area contributed by atoms with Gasteiger partial charge in [-0.2, -0.15) is 0 Å². The van der Waals surface area contributed by atoms with Gasteiger partial charge in [0.15, 0.2) is 16.7 Å². The third kappa shape index (κ3) is 5.98. The topological polar surface area (TPSA) is 64.2 Å². The fraction of sp³-hybridized carbons (Fsp3) is 0.412. The number of para-hydroxylation sites is 2. The molecule has 124 valence electrons. The van der Waals surface area contributed by atoms with Gasteiger partial charge < -0.3 is 14.5 Å². The minimum atomic E-state index is -0.129. The normalized spacial score (nSPS) is 10.5. The fourth-order valence-electron chi connectivity index (χ4n) is 1.93. The van der Waals surface area contributed by atoms with Crippen molar-refractivity contribution < 1.29 is 9.47 Å². The number of nitrogens with zero attached hydrogens (tertiary/aromatic N) is 1. The maximum absolute atomic E-state index is 11.4. The summed E-state index contributed by atoms with van der Waals surface area (Å²) in [6.07, 6.45) is 2.12. The van der Waals surface area contributed by atoms with Crippen molar-refractivity contribution in [2.24, 2.45) is 0 Å². The molecule has 23 heavy (non-hydrogen) atoms. The number of ether oxygens (including phenoxy) is 2. The van der Waals surface area contributed by atoms with Crippen molar-refractivity contribution in [2.45, 2.75) is 31.8 Å². The van der Waals surface area contributed by atoms with E-state index in [-0.39, 0.29) is 5.56 Å². The van der Waals surface area contributed by atoms with Gasteiger partial charge in [-0.3, -0.25) is 4.79 Å². The van der Waals surface area contributed by atoms with Crippen molar-refractivity contribution in [2.75, 3.05) is 19.0 Å². The minimum absolute atomic E-state index is 0.129. The van der Waals surface area contributed by atoms with Crippen LogP contribution in [0.25, 0.3) is 0 Å². The van der Waals surface area contributed by atoms with Gasteiger partial charge in [0.05, 0.1) is 13.2 Å². The molecule has 0 radical (unpaired) electrons. The SMILES string of the molecule is CCCCOc1ccccc1OCCSc1nc(C)cc(=O)[nH]1. The van der Waals surface area contributed by atoms with Crippen LogP contribution in [-0.4, -0.2) is 28.9 Å². The molecule has 2 rings (SSSR count). The van der Waals surface area contributed by atoms with Crippen LogP contribution in [0.5, 0.6) is 11.5 Å². The first-order chi connectivity index (χ1) is 11.2. The lowest BCUT2D eigenvalue weighted by Crippen LogP contribution is -2.09. The van der Waals surface area contributed by atoms with Gasteiger partial charge >= 0.3 is 0 Å². The van der Waals surface area contributed by atoms with E-state index in [9.17, 15) is 4.79 Å². The highest BCUT2D eigenvalue weighted by Gasteiger charge is 2.05. The second kappa shape index (κ2) is 9.25. The van der Waals surface area contributed by atoms with Gasteiger partial charge in [0.2, 0.25) is 0 Å². The van der Waals surface area contributed by atoms with E-state index >= 15 is 0 Å². The zero-order chi connectivity index (χ0) is 16.5. The summed E-state index contributed by atoms with van der Waals surface area (Å²) in [6, 6.07) is 9.15. The number of aromatic amines is 1. The number of aromatic nitrogens is 2. The van der Waals surface area contributed by atoms with Gasteiger partial charge in [0.1, 0.15) is 0 Å². The Kier molecular flexibility index (Phi) is 7.00. The number of unbranched alkanes of at least 4 members (excludes halogenated alkanes) is 1. The smallest absolute Gasteiger partial charge is 0.251 e. The van der Waals surface area contributed by atoms with Gasteiger partial charge in [-0.15, -0.1) is 0 Å².